The second kappa shape index (κ2) is 7.78. The van der Waals surface area contributed by atoms with Gasteiger partial charge in [0.2, 0.25) is 0 Å². The number of nitrogens with zero attached hydrogens (tertiary/aromatic N) is 5. The Morgan fingerprint density at radius 1 is 1.09 bits per heavy atom. The van der Waals surface area contributed by atoms with Gasteiger partial charge in [-0.25, -0.2) is 13.8 Å². The van der Waals surface area contributed by atoms with Crippen molar-refractivity contribution in [2.45, 2.75) is 26.2 Å². The van der Waals surface area contributed by atoms with Gasteiger partial charge in [-0.15, -0.1) is 0 Å². The van der Waals surface area contributed by atoms with Crippen LogP contribution in [0.3, 0.4) is 0 Å². The smallest absolute Gasteiger partial charge is 0.165 e. The van der Waals surface area contributed by atoms with E-state index in [4.69, 9.17) is 0 Å². The lowest BCUT2D eigenvalue weighted by molar-refractivity contribution is 0.588. The van der Waals surface area contributed by atoms with Gasteiger partial charge in [0.1, 0.15) is 29.7 Å². The Morgan fingerprint density at radius 2 is 1.88 bits per heavy atom. The fourth-order valence-electron chi connectivity index (χ4n) is 4.32. The van der Waals surface area contributed by atoms with Crippen LogP contribution in [0, 0.1) is 5.82 Å². The number of anilines is 2. The first-order valence-corrected chi connectivity index (χ1v) is 10.9. The van der Waals surface area contributed by atoms with Gasteiger partial charge in [-0.2, -0.15) is 0 Å². The van der Waals surface area contributed by atoms with Crippen LogP contribution >= 0.6 is 0 Å². The summed E-state index contributed by atoms with van der Waals surface area (Å²) < 4.78 is 29.8. The third kappa shape index (κ3) is 3.48. The SMILES string of the molecule is CC1=Nc2c(F)cc(C3=NCN(c4ccc(N5CCNCC5)cn4)C=C3F)cc2C1(C)C. The molecular weight excluding hydrogens is 410 g/mol. The maximum atomic E-state index is 15.1. The van der Waals surface area contributed by atoms with Gasteiger partial charge in [0.25, 0.3) is 0 Å². The molecule has 0 saturated carbocycles. The summed E-state index contributed by atoms with van der Waals surface area (Å²) in [7, 11) is 0. The van der Waals surface area contributed by atoms with E-state index < -0.39 is 17.1 Å². The average molecular weight is 437 g/mol. The Balaban J connectivity index is 1.37. The van der Waals surface area contributed by atoms with Crippen LogP contribution in [-0.4, -0.2) is 49.3 Å². The number of pyridine rings is 1. The Kier molecular flexibility index (Phi) is 5.04. The highest BCUT2D eigenvalue weighted by Crippen LogP contribution is 2.42. The lowest BCUT2D eigenvalue weighted by atomic mass is 9.81. The first-order chi connectivity index (χ1) is 15.3. The van der Waals surface area contributed by atoms with Gasteiger partial charge >= 0.3 is 0 Å². The molecule has 0 radical (unpaired) electrons. The molecule has 3 aliphatic heterocycles. The standard InChI is InChI=1S/C24H26F2N6/c1-15-24(2,3)18-10-16(11-19(25)23(18)30-15)22-20(26)13-32(14-29-22)21-5-4-17(12-28-21)31-8-6-27-7-9-31/h4-5,10-13,27H,6-9,14H2,1-3H3. The molecule has 1 N–H and O–H groups in total. The molecule has 0 atom stereocenters. The number of hydrogen-bond acceptors (Lipinski definition) is 6. The van der Waals surface area contributed by atoms with Gasteiger partial charge in [0.05, 0.1) is 11.9 Å². The largest absolute Gasteiger partial charge is 0.368 e. The molecule has 5 rings (SSSR count). The van der Waals surface area contributed by atoms with Crippen molar-refractivity contribution >= 4 is 28.6 Å². The number of aliphatic imine (C=N–C) groups is 2. The van der Waals surface area contributed by atoms with Crippen molar-refractivity contribution in [2.75, 3.05) is 42.6 Å². The quantitative estimate of drug-likeness (QED) is 0.788. The Labute approximate surface area is 186 Å². The van der Waals surface area contributed by atoms with Gasteiger partial charge in [-0.3, -0.25) is 9.98 Å². The minimum atomic E-state index is -0.517. The van der Waals surface area contributed by atoms with E-state index in [0.29, 0.717) is 17.1 Å². The molecule has 166 valence electrons. The summed E-state index contributed by atoms with van der Waals surface area (Å²) in [4.78, 5) is 17.2. The summed E-state index contributed by atoms with van der Waals surface area (Å²) in [5.74, 6) is -0.352. The molecule has 0 unspecified atom stereocenters. The number of nitrogens with one attached hydrogen (secondary N) is 1. The molecule has 1 saturated heterocycles. The monoisotopic (exact) mass is 436 g/mol. The van der Waals surface area contributed by atoms with Crippen LogP contribution in [0.2, 0.25) is 0 Å². The van der Waals surface area contributed by atoms with E-state index in [-0.39, 0.29) is 12.4 Å². The zero-order valence-electron chi connectivity index (χ0n) is 18.5. The number of rotatable bonds is 3. The van der Waals surface area contributed by atoms with Crippen molar-refractivity contribution in [3.63, 3.8) is 0 Å². The molecule has 8 heteroatoms. The molecule has 4 heterocycles. The van der Waals surface area contributed by atoms with Crippen LogP contribution < -0.4 is 15.1 Å². The van der Waals surface area contributed by atoms with Crippen molar-refractivity contribution in [3.05, 3.63) is 59.4 Å². The molecule has 1 fully saturated rings. The highest BCUT2D eigenvalue weighted by Gasteiger charge is 2.35. The molecule has 3 aliphatic rings. The average Bonchev–Trinajstić information content (AvgIpc) is 3.03. The van der Waals surface area contributed by atoms with Crippen LogP contribution in [-0.2, 0) is 5.41 Å². The molecule has 0 spiro atoms. The van der Waals surface area contributed by atoms with Crippen molar-refractivity contribution in [1.29, 1.82) is 0 Å². The fourth-order valence-corrected chi connectivity index (χ4v) is 4.32. The maximum Gasteiger partial charge on any atom is 0.165 e. The van der Waals surface area contributed by atoms with Crippen LogP contribution in [0.4, 0.5) is 26.0 Å². The van der Waals surface area contributed by atoms with E-state index in [1.165, 1.54) is 12.3 Å². The summed E-state index contributed by atoms with van der Waals surface area (Å²) >= 11 is 0. The third-order valence-electron chi connectivity index (χ3n) is 6.58. The van der Waals surface area contributed by atoms with E-state index in [1.54, 1.807) is 11.0 Å². The van der Waals surface area contributed by atoms with Gasteiger partial charge in [0, 0.05) is 49.1 Å². The first kappa shape index (κ1) is 20.8. The molecule has 0 amide bonds. The first-order valence-electron chi connectivity index (χ1n) is 10.9. The summed E-state index contributed by atoms with van der Waals surface area (Å²) in [5.41, 5.74) is 3.17. The van der Waals surface area contributed by atoms with Crippen molar-refractivity contribution < 1.29 is 8.78 Å². The van der Waals surface area contributed by atoms with Crippen LogP contribution in [0.25, 0.3) is 0 Å². The van der Waals surface area contributed by atoms with Gasteiger partial charge in [0.15, 0.2) is 5.83 Å². The lowest BCUT2D eigenvalue weighted by Crippen LogP contribution is -2.43. The number of benzene rings is 1. The number of aromatic nitrogens is 1. The molecular formula is C24H26F2N6. The number of hydrogen-bond donors (Lipinski definition) is 1. The highest BCUT2D eigenvalue weighted by atomic mass is 19.1. The number of allylic oxidation sites excluding steroid dienone is 1. The fraction of sp³-hybridized carbons (Fsp3) is 0.375. The second-order valence-electron chi connectivity index (χ2n) is 8.88. The summed E-state index contributed by atoms with van der Waals surface area (Å²) in [6.45, 7) is 9.85. The number of halogens is 2. The van der Waals surface area contributed by atoms with E-state index in [0.717, 1.165) is 43.1 Å². The van der Waals surface area contributed by atoms with Gasteiger partial charge in [-0.1, -0.05) is 13.8 Å². The normalized spacial score (nSPS) is 20.0. The number of fused-ring (bicyclic) bond motifs is 1. The lowest BCUT2D eigenvalue weighted by Gasteiger charge is -2.29. The summed E-state index contributed by atoms with van der Waals surface area (Å²) in [5, 5.41) is 3.33. The van der Waals surface area contributed by atoms with E-state index in [9.17, 15) is 4.39 Å². The van der Waals surface area contributed by atoms with Crippen LogP contribution in [0.1, 0.15) is 31.9 Å². The Bertz CT molecular complexity index is 1140. The maximum absolute atomic E-state index is 15.1. The van der Waals surface area contributed by atoms with E-state index in [1.807, 2.05) is 39.1 Å². The molecule has 6 nitrogen and oxygen atoms in total. The molecule has 0 aliphatic carbocycles. The van der Waals surface area contributed by atoms with Gasteiger partial charge < -0.3 is 15.1 Å². The third-order valence-corrected chi connectivity index (χ3v) is 6.58. The predicted octanol–water partition coefficient (Wildman–Crippen LogP) is 4.09. The minimum absolute atomic E-state index is 0.153. The molecule has 1 aromatic heterocycles. The topological polar surface area (TPSA) is 56.1 Å². The Hall–Kier alpha value is -3.13. The Morgan fingerprint density at radius 3 is 2.56 bits per heavy atom. The summed E-state index contributed by atoms with van der Waals surface area (Å²) in [6.07, 6.45) is 3.19. The molecule has 32 heavy (non-hydrogen) atoms. The molecule has 2 aromatic rings. The molecule has 1 aromatic carbocycles. The van der Waals surface area contributed by atoms with Crippen LogP contribution in [0.5, 0.6) is 0 Å². The van der Waals surface area contributed by atoms with Crippen LogP contribution in [0.15, 0.2) is 52.5 Å². The number of piperazine rings is 1. The van der Waals surface area contributed by atoms with E-state index in [2.05, 4.69) is 25.2 Å². The summed E-state index contributed by atoms with van der Waals surface area (Å²) in [6, 6.07) is 7.00. The van der Waals surface area contributed by atoms with Crippen molar-refractivity contribution in [3.8, 4) is 0 Å². The zero-order valence-corrected chi connectivity index (χ0v) is 18.5. The van der Waals surface area contributed by atoms with Gasteiger partial charge in [-0.05, 0) is 36.8 Å². The minimum Gasteiger partial charge on any atom is -0.368 e. The van der Waals surface area contributed by atoms with Crippen molar-refractivity contribution in [2.24, 2.45) is 9.98 Å². The highest BCUT2D eigenvalue weighted by molar-refractivity contribution is 6.13. The van der Waals surface area contributed by atoms with E-state index >= 15 is 4.39 Å². The predicted molar refractivity (Wildman–Crippen MR) is 125 cm³/mol. The molecule has 0 bridgehead atoms. The van der Waals surface area contributed by atoms with Crippen molar-refractivity contribution in [1.82, 2.24) is 10.3 Å². The zero-order chi connectivity index (χ0) is 22.5. The second-order valence-corrected chi connectivity index (χ2v) is 8.88.